The van der Waals surface area contributed by atoms with E-state index in [0.717, 1.165) is 28.9 Å². The van der Waals surface area contributed by atoms with Crippen molar-refractivity contribution in [2.75, 3.05) is 39.6 Å². The zero-order valence-corrected chi connectivity index (χ0v) is 21.0. The molecule has 1 aliphatic heterocycles. The number of para-hydroxylation sites is 1. The average molecular weight is 490 g/mol. The van der Waals surface area contributed by atoms with Crippen LogP contribution in [-0.2, 0) is 6.42 Å². The molecule has 0 amide bonds. The highest BCUT2D eigenvalue weighted by atomic mass is 19.2. The summed E-state index contributed by atoms with van der Waals surface area (Å²) in [6.45, 7) is 6.59. The Kier molecular flexibility index (Phi) is 10.5. The maximum Gasteiger partial charge on any atom is 0.141 e. The second kappa shape index (κ2) is 13.5. The second-order valence-electron chi connectivity index (χ2n) is 8.68. The molecule has 2 unspecified atom stereocenters. The zero-order valence-electron chi connectivity index (χ0n) is 21.0. The van der Waals surface area contributed by atoms with Crippen molar-refractivity contribution in [3.05, 3.63) is 65.4 Å². The molecule has 192 valence electrons. The van der Waals surface area contributed by atoms with E-state index >= 15 is 0 Å². The number of aromatic nitrogens is 1. The maximum absolute atomic E-state index is 14.2. The second-order valence-corrected chi connectivity index (χ2v) is 8.68. The lowest BCUT2D eigenvalue weighted by molar-refractivity contribution is 0.0956. The van der Waals surface area contributed by atoms with E-state index in [1.807, 2.05) is 50.2 Å². The average Bonchev–Trinajstić information content (AvgIpc) is 3.26. The van der Waals surface area contributed by atoms with Crippen LogP contribution in [0.3, 0.4) is 0 Å². The van der Waals surface area contributed by atoms with Crippen LogP contribution in [0.2, 0.25) is 0 Å². The molecular weight excluding hydrogens is 451 g/mol. The van der Waals surface area contributed by atoms with Gasteiger partial charge in [-0.05, 0) is 55.6 Å². The molecule has 0 saturated heterocycles. The van der Waals surface area contributed by atoms with Crippen LogP contribution in [0.1, 0.15) is 50.1 Å². The lowest BCUT2D eigenvalue weighted by Gasteiger charge is -2.41. The van der Waals surface area contributed by atoms with Gasteiger partial charge in [0.2, 0.25) is 0 Å². The van der Waals surface area contributed by atoms with Crippen LogP contribution in [0.15, 0.2) is 48.5 Å². The molecule has 4 nitrogen and oxygen atoms in total. The van der Waals surface area contributed by atoms with E-state index in [4.69, 9.17) is 4.74 Å². The number of alkyl halides is 3. The Morgan fingerprint density at radius 3 is 2.54 bits per heavy atom. The molecule has 2 N–H and O–H groups in total. The smallest absolute Gasteiger partial charge is 0.141 e. The standard InChI is InChI=1S/C26H32F3N3O.C2H6/c1-18-15-23-22-5-2-3-6-24(22)31-25(23)26(32(18)17-20(29)16-28)19-7-9-21(10-8-19)33-14-13-30-12-4-11-27;1-2/h2-3,5-10,18,20,26,30-31H,4,11-17H2,1H3;1-2H3/t18-,20?,26?;/m1./s1. The molecule has 0 bridgehead atoms. The largest absolute Gasteiger partial charge is 0.492 e. The van der Waals surface area contributed by atoms with Crippen LogP contribution in [0.25, 0.3) is 10.9 Å². The predicted octanol–water partition coefficient (Wildman–Crippen LogP) is 6.17. The third kappa shape index (κ3) is 6.58. The van der Waals surface area contributed by atoms with Crippen molar-refractivity contribution in [2.45, 2.75) is 51.9 Å². The fourth-order valence-corrected chi connectivity index (χ4v) is 4.73. The third-order valence-corrected chi connectivity index (χ3v) is 6.32. The number of ether oxygens (including phenoxy) is 1. The van der Waals surface area contributed by atoms with Gasteiger partial charge in [-0.3, -0.25) is 9.29 Å². The first-order chi connectivity index (χ1) is 17.1. The molecule has 1 aliphatic rings. The van der Waals surface area contributed by atoms with Gasteiger partial charge in [-0.15, -0.1) is 0 Å². The van der Waals surface area contributed by atoms with E-state index in [-0.39, 0.29) is 25.3 Å². The highest BCUT2D eigenvalue weighted by Crippen LogP contribution is 2.41. The molecule has 7 heteroatoms. The van der Waals surface area contributed by atoms with Crippen LogP contribution >= 0.6 is 0 Å². The molecule has 35 heavy (non-hydrogen) atoms. The molecule has 0 aliphatic carbocycles. The van der Waals surface area contributed by atoms with Crippen molar-refractivity contribution in [1.29, 1.82) is 0 Å². The number of benzene rings is 2. The number of rotatable bonds is 11. The monoisotopic (exact) mass is 489 g/mol. The molecule has 4 rings (SSSR count). The van der Waals surface area contributed by atoms with Crippen LogP contribution in [-0.4, -0.2) is 61.7 Å². The summed E-state index contributed by atoms with van der Waals surface area (Å²) in [5.74, 6) is 0.741. The molecule has 0 fully saturated rings. The molecule has 0 radical (unpaired) electrons. The topological polar surface area (TPSA) is 40.3 Å². The molecule has 2 aromatic carbocycles. The summed E-state index contributed by atoms with van der Waals surface area (Å²) in [4.78, 5) is 5.62. The first kappa shape index (κ1) is 27.1. The molecule has 2 heterocycles. The summed E-state index contributed by atoms with van der Waals surface area (Å²) in [5.41, 5.74) is 4.36. The van der Waals surface area contributed by atoms with Gasteiger partial charge in [0.05, 0.1) is 12.7 Å². The van der Waals surface area contributed by atoms with Crippen molar-refractivity contribution in [1.82, 2.24) is 15.2 Å². The normalized spacial score (nSPS) is 18.6. The number of nitrogens with zero attached hydrogens (tertiary/aromatic N) is 1. The zero-order chi connectivity index (χ0) is 25.2. The molecule has 3 atom stereocenters. The Balaban J connectivity index is 0.00000167. The van der Waals surface area contributed by atoms with E-state index in [1.165, 1.54) is 10.9 Å². The molecule has 1 aromatic heterocycles. The summed E-state index contributed by atoms with van der Waals surface area (Å²) in [6, 6.07) is 15.9. The number of aromatic amines is 1. The minimum atomic E-state index is -1.52. The number of H-pyrrole nitrogens is 1. The van der Waals surface area contributed by atoms with E-state index in [9.17, 15) is 13.2 Å². The minimum absolute atomic E-state index is 0.0416. The molecule has 0 spiro atoms. The molecular formula is C28H38F3N3O. The van der Waals surface area contributed by atoms with Gasteiger partial charge in [0.15, 0.2) is 0 Å². The van der Waals surface area contributed by atoms with Crippen LogP contribution < -0.4 is 10.1 Å². The highest BCUT2D eigenvalue weighted by Gasteiger charge is 2.36. The Morgan fingerprint density at radius 1 is 1.09 bits per heavy atom. The van der Waals surface area contributed by atoms with Gasteiger partial charge in [-0.1, -0.05) is 44.2 Å². The summed E-state index contributed by atoms with van der Waals surface area (Å²) in [6.07, 6.45) is -0.234. The van der Waals surface area contributed by atoms with E-state index in [0.29, 0.717) is 26.1 Å². The van der Waals surface area contributed by atoms with Gasteiger partial charge < -0.3 is 15.0 Å². The SMILES string of the molecule is CC.C[C@@H]1Cc2c([nH]c3ccccc23)C(c2ccc(OCCNCCCF)cc2)N1CC(F)CF. The van der Waals surface area contributed by atoms with Gasteiger partial charge in [-0.2, -0.15) is 0 Å². The van der Waals surface area contributed by atoms with Gasteiger partial charge in [0, 0.05) is 35.7 Å². The third-order valence-electron chi connectivity index (χ3n) is 6.32. The molecule has 0 saturated carbocycles. The van der Waals surface area contributed by atoms with Crippen molar-refractivity contribution < 1.29 is 17.9 Å². The van der Waals surface area contributed by atoms with E-state index in [2.05, 4.69) is 34.3 Å². The Morgan fingerprint density at radius 2 is 1.83 bits per heavy atom. The summed E-state index contributed by atoms with van der Waals surface area (Å²) < 4.78 is 45.2. The van der Waals surface area contributed by atoms with Crippen LogP contribution in [0.5, 0.6) is 5.75 Å². The van der Waals surface area contributed by atoms with E-state index in [1.54, 1.807) is 0 Å². The first-order valence-electron chi connectivity index (χ1n) is 12.7. The number of hydrogen-bond acceptors (Lipinski definition) is 3. The Labute approximate surface area is 206 Å². The van der Waals surface area contributed by atoms with Gasteiger partial charge >= 0.3 is 0 Å². The van der Waals surface area contributed by atoms with Gasteiger partial charge in [0.1, 0.15) is 25.2 Å². The maximum atomic E-state index is 14.2. The Hall–Kier alpha value is -2.51. The number of fused-ring (bicyclic) bond motifs is 3. The van der Waals surface area contributed by atoms with Crippen molar-refractivity contribution in [3.63, 3.8) is 0 Å². The van der Waals surface area contributed by atoms with Crippen LogP contribution in [0.4, 0.5) is 13.2 Å². The lowest BCUT2D eigenvalue weighted by atomic mass is 9.88. The first-order valence-corrected chi connectivity index (χ1v) is 12.7. The molecule has 3 aromatic rings. The van der Waals surface area contributed by atoms with Crippen molar-refractivity contribution in [3.8, 4) is 5.75 Å². The number of halogens is 3. The van der Waals surface area contributed by atoms with E-state index < -0.39 is 12.8 Å². The highest BCUT2D eigenvalue weighted by molar-refractivity contribution is 5.85. The summed E-state index contributed by atoms with van der Waals surface area (Å²) in [7, 11) is 0. The minimum Gasteiger partial charge on any atom is -0.492 e. The van der Waals surface area contributed by atoms with Crippen LogP contribution in [0, 0.1) is 0 Å². The van der Waals surface area contributed by atoms with Crippen molar-refractivity contribution in [2.24, 2.45) is 0 Å². The predicted molar refractivity (Wildman–Crippen MR) is 138 cm³/mol. The quantitative estimate of drug-likeness (QED) is 0.317. The van der Waals surface area contributed by atoms with Gasteiger partial charge in [0.25, 0.3) is 0 Å². The van der Waals surface area contributed by atoms with Crippen molar-refractivity contribution >= 4 is 10.9 Å². The Bertz CT molecular complexity index is 1020. The fraction of sp³-hybridized carbons (Fsp3) is 0.500. The number of nitrogens with one attached hydrogen (secondary N) is 2. The summed E-state index contributed by atoms with van der Waals surface area (Å²) >= 11 is 0. The number of hydrogen-bond donors (Lipinski definition) is 2. The fourth-order valence-electron chi connectivity index (χ4n) is 4.73. The van der Waals surface area contributed by atoms with Gasteiger partial charge in [-0.25, -0.2) is 8.78 Å². The summed E-state index contributed by atoms with van der Waals surface area (Å²) in [5, 5.41) is 4.32. The lowest BCUT2D eigenvalue weighted by Crippen LogP contribution is -2.45.